The lowest BCUT2D eigenvalue weighted by atomic mass is 9.44. The Kier molecular flexibility index (Phi) is 11.2. The Hall–Kier alpha value is 0.430. The van der Waals surface area contributed by atoms with E-state index in [1.54, 1.807) is 0 Å². The molecule has 0 radical (unpaired) electrons. The molecule has 0 amide bonds. The lowest BCUT2D eigenvalue weighted by molar-refractivity contribution is -0.157. The van der Waals surface area contributed by atoms with Crippen molar-refractivity contribution in [3.63, 3.8) is 0 Å². The number of carbonyl (C=O) groups excluding carboxylic acids is 1. The number of halogens is 2. The molecular formula is C34H58Br2O2. The minimum Gasteiger partial charge on any atom is -0.462 e. The Morgan fingerprint density at radius 3 is 2.26 bits per heavy atom. The van der Waals surface area contributed by atoms with Gasteiger partial charge in [-0.1, -0.05) is 117 Å². The molecule has 0 aromatic heterocycles. The van der Waals surface area contributed by atoms with Gasteiger partial charge in [-0.15, -0.1) is 0 Å². The fraction of sp³-hybridized carbons (Fsp3) is 0.971. The van der Waals surface area contributed by atoms with Crippen molar-refractivity contribution in [3.8, 4) is 0 Å². The standard InChI is InChI=1S/C34H58Br2O2/c1-5-7-9-11-12-13-15-25-17-18-28-27-23-30(35)34(36)24-26(38-31(37)16-14-10-8-6-2)19-22-33(34,4)29(27)20-21-32(25,28)3/h25-30H,5-24H2,1-4H3/t25-,26+,27-,28+,29-,30+,32-,33-,34+/m1/s1. The van der Waals surface area contributed by atoms with Crippen LogP contribution < -0.4 is 0 Å². The summed E-state index contributed by atoms with van der Waals surface area (Å²) in [6.07, 6.45) is 25.4. The maximum Gasteiger partial charge on any atom is 0.306 e. The van der Waals surface area contributed by atoms with Gasteiger partial charge in [0.25, 0.3) is 0 Å². The van der Waals surface area contributed by atoms with E-state index in [1.165, 1.54) is 96.3 Å². The van der Waals surface area contributed by atoms with E-state index in [0.29, 0.717) is 16.7 Å². The van der Waals surface area contributed by atoms with Crippen molar-refractivity contribution < 1.29 is 9.53 Å². The smallest absolute Gasteiger partial charge is 0.306 e. The summed E-state index contributed by atoms with van der Waals surface area (Å²) in [4.78, 5) is 13.1. The molecule has 4 heteroatoms. The Bertz CT molecular complexity index is 772. The molecule has 0 aromatic rings. The normalized spacial score (nSPS) is 42.3. The number of alkyl halides is 2. The highest BCUT2D eigenvalue weighted by Gasteiger charge is 2.66. The summed E-state index contributed by atoms with van der Waals surface area (Å²) in [5.74, 6) is 3.53. The van der Waals surface area contributed by atoms with Crippen LogP contribution in [0.1, 0.15) is 156 Å². The molecule has 4 aliphatic carbocycles. The number of carbonyl (C=O) groups is 1. The molecule has 2 nitrogen and oxygen atoms in total. The quantitative estimate of drug-likeness (QED) is 0.112. The van der Waals surface area contributed by atoms with Crippen LogP contribution in [0.15, 0.2) is 0 Å². The second kappa shape index (κ2) is 13.6. The summed E-state index contributed by atoms with van der Waals surface area (Å²) in [6, 6.07) is 0. The second-order valence-corrected chi connectivity index (χ2v) is 16.9. The molecule has 4 rings (SSSR count). The molecule has 0 heterocycles. The number of unbranched alkanes of at least 4 members (excludes halogenated alkanes) is 8. The van der Waals surface area contributed by atoms with Gasteiger partial charge in [0.2, 0.25) is 0 Å². The Balaban J connectivity index is 1.36. The van der Waals surface area contributed by atoms with Gasteiger partial charge in [0.15, 0.2) is 0 Å². The third-order valence-electron chi connectivity index (χ3n) is 12.3. The van der Waals surface area contributed by atoms with Crippen LogP contribution in [0.25, 0.3) is 0 Å². The van der Waals surface area contributed by atoms with Gasteiger partial charge in [-0.05, 0) is 92.3 Å². The van der Waals surface area contributed by atoms with E-state index in [2.05, 4.69) is 59.6 Å². The molecule has 0 saturated heterocycles. The van der Waals surface area contributed by atoms with Crippen molar-refractivity contribution in [1.29, 1.82) is 0 Å². The monoisotopic (exact) mass is 656 g/mol. The molecule has 38 heavy (non-hydrogen) atoms. The van der Waals surface area contributed by atoms with Crippen LogP contribution in [0.2, 0.25) is 0 Å². The van der Waals surface area contributed by atoms with Crippen LogP contribution in [-0.2, 0) is 9.53 Å². The Morgan fingerprint density at radius 2 is 1.53 bits per heavy atom. The van der Waals surface area contributed by atoms with Crippen LogP contribution in [0.3, 0.4) is 0 Å². The number of hydrogen-bond acceptors (Lipinski definition) is 2. The minimum absolute atomic E-state index is 0.0246. The molecule has 0 N–H and O–H groups in total. The van der Waals surface area contributed by atoms with Gasteiger partial charge in [0.05, 0.1) is 0 Å². The second-order valence-electron chi connectivity index (χ2n) is 14.4. The highest BCUT2D eigenvalue weighted by atomic mass is 79.9. The Labute approximate surface area is 252 Å². The fourth-order valence-electron chi connectivity index (χ4n) is 9.94. The SMILES string of the molecule is CCCCCCCC[C@@H]1CC[C@H]2[C@H]3C[C@H](Br)[C@@]4(Br)C[C@@H](OC(=O)CCCCCC)CC[C@]4(C)[C@@H]3CC[C@]12C. The van der Waals surface area contributed by atoms with Crippen molar-refractivity contribution in [3.05, 3.63) is 0 Å². The number of hydrogen-bond donors (Lipinski definition) is 0. The maximum atomic E-state index is 12.6. The van der Waals surface area contributed by atoms with Crippen LogP contribution in [0, 0.1) is 34.5 Å². The van der Waals surface area contributed by atoms with Crippen LogP contribution in [-0.4, -0.2) is 21.2 Å². The molecular weight excluding hydrogens is 600 g/mol. The highest BCUT2D eigenvalue weighted by Crippen LogP contribution is 2.71. The molecule has 4 fully saturated rings. The average Bonchev–Trinajstić information content (AvgIpc) is 3.22. The fourth-order valence-corrected chi connectivity index (χ4v) is 12.1. The van der Waals surface area contributed by atoms with Crippen molar-refractivity contribution in [2.75, 3.05) is 0 Å². The van der Waals surface area contributed by atoms with E-state index in [0.717, 1.165) is 49.4 Å². The van der Waals surface area contributed by atoms with E-state index >= 15 is 0 Å². The van der Waals surface area contributed by atoms with E-state index in [1.807, 2.05) is 0 Å². The summed E-state index contributed by atoms with van der Waals surface area (Å²) in [5, 5.41) is 0. The third kappa shape index (κ3) is 6.27. The van der Waals surface area contributed by atoms with Crippen LogP contribution in [0.4, 0.5) is 0 Å². The molecule has 0 bridgehead atoms. The largest absolute Gasteiger partial charge is 0.462 e. The summed E-state index contributed by atoms with van der Waals surface area (Å²) in [6.45, 7) is 9.82. The number of fused-ring (bicyclic) bond motifs is 5. The first kappa shape index (κ1) is 31.4. The Morgan fingerprint density at radius 1 is 0.842 bits per heavy atom. The van der Waals surface area contributed by atoms with Crippen LogP contribution in [0.5, 0.6) is 0 Å². The third-order valence-corrected chi connectivity index (χ3v) is 15.9. The molecule has 4 aliphatic rings. The van der Waals surface area contributed by atoms with Gasteiger partial charge >= 0.3 is 5.97 Å². The summed E-state index contributed by atoms with van der Waals surface area (Å²) in [5.41, 5.74) is 0.831. The first-order valence-corrected chi connectivity index (χ1v) is 18.4. The van der Waals surface area contributed by atoms with E-state index in [-0.39, 0.29) is 21.8 Å². The van der Waals surface area contributed by atoms with Gasteiger partial charge in [0, 0.05) is 22.0 Å². The molecule has 9 atom stereocenters. The van der Waals surface area contributed by atoms with E-state index in [9.17, 15) is 4.79 Å². The topological polar surface area (TPSA) is 26.3 Å². The molecule has 4 saturated carbocycles. The maximum absolute atomic E-state index is 12.6. The van der Waals surface area contributed by atoms with Crippen molar-refractivity contribution in [2.24, 2.45) is 34.5 Å². The van der Waals surface area contributed by atoms with Crippen molar-refractivity contribution in [2.45, 2.75) is 171 Å². The van der Waals surface area contributed by atoms with Crippen LogP contribution >= 0.6 is 31.9 Å². The number of rotatable bonds is 13. The number of ether oxygens (including phenoxy) is 1. The predicted molar refractivity (Wildman–Crippen MR) is 168 cm³/mol. The first-order valence-electron chi connectivity index (χ1n) is 16.7. The summed E-state index contributed by atoms with van der Waals surface area (Å²) in [7, 11) is 0. The van der Waals surface area contributed by atoms with Gasteiger partial charge in [0.1, 0.15) is 6.10 Å². The zero-order valence-corrected chi connectivity index (χ0v) is 28.4. The summed E-state index contributed by atoms with van der Waals surface area (Å²) < 4.78 is 6.12. The zero-order valence-electron chi connectivity index (χ0n) is 25.2. The highest BCUT2D eigenvalue weighted by molar-refractivity contribution is 9.12. The van der Waals surface area contributed by atoms with Gasteiger partial charge in [-0.2, -0.15) is 0 Å². The molecule has 0 unspecified atom stereocenters. The molecule has 0 aliphatic heterocycles. The predicted octanol–water partition coefficient (Wildman–Crippen LogP) is 11.2. The first-order chi connectivity index (χ1) is 18.2. The minimum atomic E-state index is 0.0246. The lowest BCUT2D eigenvalue weighted by Crippen LogP contribution is -2.64. The summed E-state index contributed by atoms with van der Waals surface area (Å²) >= 11 is 8.63. The van der Waals surface area contributed by atoms with Gasteiger partial charge in [-0.3, -0.25) is 4.79 Å². The van der Waals surface area contributed by atoms with E-state index < -0.39 is 0 Å². The van der Waals surface area contributed by atoms with Crippen molar-refractivity contribution >= 4 is 37.8 Å². The molecule has 0 aromatic carbocycles. The number of esters is 1. The molecule has 0 spiro atoms. The van der Waals surface area contributed by atoms with Crippen molar-refractivity contribution in [1.82, 2.24) is 0 Å². The average molecular weight is 659 g/mol. The van der Waals surface area contributed by atoms with Gasteiger partial charge in [-0.25, -0.2) is 0 Å². The molecule has 220 valence electrons. The lowest BCUT2D eigenvalue weighted by Gasteiger charge is -2.65. The van der Waals surface area contributed by atoms with Gasteiger partial charge < -0.3 is 4.74 Å². The zero-order chi connectivity index (χ0) is 27.4. The van der Waals surface area contributed by atoms with E-state index in [4.69, 9.17) is 4.74 Å².